The van der Waals surface area contributed by atoms with Crippen LogP contribution in [0, 0.1) is 5.92 Å². The summed E-state index contributed by atoms with van der Waals surface area (Å²) in [4.78, 5) is 27.6. The highest BCUT2D eigenvalue weighted by Crippen LogP contribution is 2.30. The number of amides is 2. The standard InChI is InChI=1S/C15H26N2O4/c1-16(11-15(20)5-3-4-6-15)14(19)12-9-13(18)17(10-12)7-8-21-2/h12,20H,3-11H2,1-2H3. The fraction of sp³-hybridized carbons (Fsp3) is 0.867. The maximum Gasteiger partial charge on any atom is 0.227 e. The monoisotopic (exact) mass is 298 g/mol. The van der Waals surface area contributed by atoms with Crippen LogP contribution in [0.2, 0.25) is 0 Å². The Bertz CT molecular complexity index is 393. The van der Waals surface area contributed by atoms with Gasteiger partial charge in [-0.05, 0) is 12.8 Å². The Labute approximate surface area is 126 Å². The van der Waals surface area contributed by atoms with Crippen molar-refractivity contribution in [2.24, 2.45) is 5.92 Å². The molecule has 2 rings (SSSR count). The first-order valence-corrected chi connectivity index (χ1v) is 7.69. The molecule has 1 atom stereocenters. The number of ether oxygens (including phenoxy) is 1. The lowest BCUT2D eigenvalue weighted by Crippen LogP contribution is -2.44. The summed E-state index contributed by atoms with van der Waals surface area (Å²) in [6.45, 7) is 1.85. The molecule has 6 nitrogen and oxygen atoms in total. The fourth-order valence-corrected chi connectivity index (χ4v) is 3.38. The maximum absolute atomic E-state index is 12.4. The van der Waals surface area contributed by atoms with Crippen LogP contribution in [-0.2, 0) is 14.3 Å². The second-order valence-corrected chi connectivity index (χ2v) is 6.36. The second-order valence-electron chi connectivity index (χ2n) is 6.36. The first-order chi connectivity index (χ1) is 9.95. The van der Waals surface area contributed by atoms with Crippen molar-refractivity contribution in [1.29, 1.82) is 0 Å². The van der Waals surface area contributed by atoms with Gasteiger partial charge in [-0.3, -0.25) is 9.59 Å². The molecule has 1 saturated heterocycles. The summed E-state index contributed by atoms with van der Waals surface area (Å²) in [5.74, 6) is -0.314. The largest absolute Gasteiger partial charge is 0.388 e. The van der Waals surface area contributed by atoms with Gasteiger partial charge in [0.15, 0.2) is 0 Å². The zero-order valence-electron chi connectivity index (χ0n) is 13.0. The molecule has 21 heavy (non-hydrogen) atoms. The lowest BCUT2D eigenvalue weighted by atomic mass is 10.0. The Balaban J connectivity index is 1.86. The van der Waals surface area contributed by atoms with Crippen LogP contribution in [0.5, 0.6) is 0 Å². The fourth-order valence-electron chi connectivity index (χ4n) is 3.38. The molecule has 2 aliphatic rings. The van der Waals surface area contributed by atoms with Crippen LogP contribution in [-0.4, -0.2) is 72.7 Å². The zero-order valence-corrected chi connectivity index (χ0v) is 13.0. The first-order valence-electron chi connectivity index (χ1n) is 7.69. The summed E-state index contributed by atoms with van der Waals surface area (Å²) >= 11 is 0. The molecular formula is C15H26N2O4. The Kier molecular flexibility index (Phi) is 5.22. The van der Waals surface area contributed by atoms with Gasteiger partial charge in [-0.1, -0.05) is 12.8 Å². The van der Waals surface area contributed by atoms with Gasteiger partial charge in [0.25, 0.3) is 0 Å². The van der Waals surface area contributed by atoms with E-state index >= 15 is 0 Å². The summed E-state index contributed by atoms with van der Waals surface area (Å²) in [5.41, 5.74) is -0.733. The van der Waals surface area contributed by atoms with Crippen LogP contribution in [0.15, 0.2) is 0 Å². The molecule has 1 aliphatic carbocycles. The highest BCUT2D eigenvalue weighted by atomic mass is 16.5. The molecule has 6 heteroatoms. The average molecular weight is 298 g/mol. The molecule has 1 N–H and O–H groups in total. The van der Waals surface area contributed by atoms with Crippen molar-refractivity contribution in [3.8, 4) is 0 Å². The summed E-state index contributed by atoms with van der Waals surface area (Å²) in [6, 6.07) is 0. The van der Waals surface area contributed by atoms with E-state index in [1.165, 1.54) is 0 Å². The van der Waals surface area contributed by atoms with E-state index in [1.54, 1.807) is 24.0 Å². The van der Waals surface area contributed by atoms with Gasteiger partial charge in [0.2, 0.25) is 11.8 Å². The van der Waals surface area contributed by atoms with E-state index in [-0.39, 0.29) is 24.2 Å². The third-order valence-corrected chi connectivity index (χ3v) is 4.57. The summed E-state index contributed by atoms with van der Waals surface area (Å²) in [5, 5.41) is 10.4. The molecule has 1 aliphatic heterocycles. The van der Waals surface area contributed by atoms with Crippen LogP contribution in [0.25, 0.3) is 0 Å². The molecule has 0 aromatic heterocycles. The van der Waals surface area contributed by atoms with Crippen molar-refractivity contribution in [2.75, 3.05) is 40.4 Å². The quantitative estimate of drug-likeness (QED) is 0.763. The van der Waals surface area contributed by atoms with Crippen molar-refractivity contribution in [1.82, 2.24) is 9.80 Å². The van der Waals surface area contributed by atoms with Crippen molar-refractivity contribution in [3.05, 3.63) is 0 Å². The number of likely N-dealkylation sites (tertiary alicyclic amines) is 1. The van der Waals surface area contributed by atoms with E-state index in [2.05, 4.69) is 0 Å². The van der Waals surface area contributed by atoms with Gasteiger partial charge in [-0.15, -0.1) is 0 Å². The Morgan fingerprint density at radius 1 is 1.48 bits per heavy atom. The summed E-state index contributed by atoms with van der Waals surface area (Å²) in [7, 11) is 3.32. The van der Waals surface area contributed by atoms with Crippen LogP contribution in [0.4, 0.5) is 0 Å². The predicted octanol–water partition coefficient (Wildman–Crippen LogP) is 0.245. The zero-order chi connectivity index (χ0) is 15.5. The van der Waals surface area contributed by atoms with E-state index in [0.717, 1.165) is 25.7 Å². The van der Waals surface area contributed by atoms with E-state index < -0.39 is 5.60 Å². The molecule has 0 bridgehead atoms. The Morgan fingerprint density at radius 2 is 2.14 bits per heavy atom. The van der Waals surface area contributed by atoms with E-state index in [1.807, 2.05) is 0 Å². The molecule has 2 amide bonds. The van der Waals surface area contributed by atoms with Crippen molar-refractivity contribution < 1.29 is 19.4 Å². The third kappa shape index (κ3) is 3.95. The normalized spacial score (nSPS) is 24.6. The number of likely N-dealkylation sites (N-methyl/N-ethyl adjacent to an activating group) is 1. The molecule has 120 valence electrons. The number of nitrogens with zero attached hydrogens (tertiary/aromatic N) is 2. The first kappa shape index (κ1) is 16.2. The molecule has 0 radical (unpaired) electrons. The number of rotatable bonds is 6. The maximum atomic E-state index is 12.4. The molecule has 0 aromatic carbocycles. The molecule has 0 aromatic rings. The molecule has 1 unspecified atom stereocenters. The lowest BCUT2D eigenvalue weighted by Gasteiger charge is -2.30. The Morgan fingerprint density at radius 3 is 2.76 bits per heavy atom. The number of hydrogen-bond acceptors (Lipinski definition) is 4. The molecular weight excluding hydrogens is 272 g/mol. The number of carbonyl (C=O) groups excluding carboxylic acids is 2. The topological polar surface area (TPSA) is 70.1 Å². The van der Waals surface area contributed by atoms with Crippen molar-refractivity contribution in [2.45, 2.75) is 37.7 Å². The third-order valence-electron chi connectivity index (χ3n) is 4.57. The van der Waals surface area contributed by atoms with Crippen molar-refractivity contribution in [3.63, 3.8) is 0 Å². The highest BCUT2D eigenvalue weighted by Gasteiger charge is 2.38. The second kappa shape index (κ2) is 6.75. The van der Waals surface area contributed by atoms with Crippen molar-refractivity contribution >= 4 is 11.8 Å². The highest BCUT2D eigenvalue weighted by molar-refractivity contribution is 5.89. The van der Waals surface area contributed by atoms with Gasteiger partial charge in [0.05, 0.1) is 18.1 Å². The van der Waals surface area contributed by atoms with Crippen LogP contribution in [0.3, 0.4) is 0 Å². The minimum absolute atomic E-state index is 0.0124. The van der Waals surface area contributed by atoms with E-state index in [0.29, 0.717) is 26.2 Å². The summed E-state index contributed by atoms with van der Waals surface area (Å²) in [6.07, 6.45) is 3.82. The van der Waals surface area contributed by atoms with Gasteiger partial charge in [-0.25, -0.2) is 0 Å². The van der Waals surface area contributed by atoms with Gasteiger partial charge in [0.1, 0.15) is 0 Å². The lowest BCUT2D eigenvalue weighted by molar-refractivity contribution is -0.137. The van der Waals surface area contributed by atoms with E-state index in [9.17, 15) is 14.7 Å². The van der Waals surface area contributed by atoms with Crippen LogP contribution >= 0.6 is 0 Å². The van der Waals surface area contributed by atoms with Gasteiger partial charge in [-0.2, -0.15) is 0 Å². The number of hydrogen-bond donors (Lipinski definition) is 1. The minimum atomic E-state index is -0.733. The molecule has 0 spiro atoms. The number of aliphatic hydroxyl groups is 1. The smallest absolute Gasteiger partial charge is 0.227 e. The van der Waals surface area contributed by atoms with E-state index in [4.69, 9.17) is 4.74 Å². The van der Waals surface area contributed by atoms with Crippen LogP contribution in [0.1, 0.15) is 32.1 Å². The molecule has 2 fully saturated rings. The van der Waals surface area contributed by atoms with Gasteiger partial charge >= 0.3 is 0 Å². The predicted molar refractivity (Wildman–Crippen MR) is 77.6 cm³/mol. The SMILES string of the molecule is COCCN1CC(C(=O)N(C)CC2(O)CCCC2)CC1=O. The molecule has 1 heterocycles. The van der Waals surface area contributed by atoms with Gasteiger partial charge < -0.3 is 19.6 Å². The number of carbonyl (C=O) groups is 2. The van der Waals surface area contributed by atoms with Crippen LogP contribution < -0.4 is 0 Å². The number of methoxy groups -OCH3 is 1. The Hall–Kier alpha value is -1.14. The van der Waals surface area contributed by atoms with Gasteiger partial charge in [0, 0.05) is 40.2 Å². The average Bonchev–Trinajstić information content (AvgIpc) is 3.02. The molecule has 1 saturated carbocycles. The summed E-state index contributed by atoms with van der Waals surface area (Å²) < 4.78 is 4.97. The minimum Gasteiger partial charge on any atom is -0.388 e.